The third-order valence-corrected chi connectivity index (χ3v) is 4.31. The highest BCUT2D eigenvalue weighted by atomic mass is 19.1. The van der Waals surface area contributed by atoms with Gasteiger partial charge in [-0.05, 0) is 49.6 Å². The molecule has 3 rings (SSSR count). The van der Waals surface area contributed by atoms with Crippen LogP contribution in [0.15, 0.2) is 36.5 Å². The quantitative estimate of drug-likeness (QED) is 0.782. The summed E-state index contributed by atoms with van der Waals surface area (Å²) < 4.78 is 23.9. The molecular weight excluding hydrogens is 323 g/mol. The number of rotatable bonds is 5. The highest BCUT2D eigenvalue weighted by Gasteiger charge is 2.29. The van der Waals surface area contributed by atoms with Gasteiger partial charge in [-0.25, -0.2) is 9.37 Å². The van der Waals surface area contributed by atoms with Crippen molar-refractivity contribution in [1.29, 1.82) is 0 Å². The van der Waals surface area contributed by atoms with Crippen LogP contribution in [0.25, 0.3) is 0 Å². The molecule has 0 saturated heterocycles. The van der Waals surface area contributed by atoms with E-state index < -0.39 is 0 Å². The highest BCUT2D eigenvalue weighted by Crippen LogP contribution is 2.32. The molecule has 1 aliphatic heterocycles. The second-order valence-electron chi connectivity index (χ2n) is 6.06. The maximum atomic E-state index is 13.5. The number of carbonyl (C=O) groups excluding carboxylic acids is 1. The van der Waals surface area contributed by atoms with E-state index in [2.05, 4.69) is 4.98 Å². The van der Waals surface area contributed by atoms with Crippen molar-refractivity contribution in [3.8, 4) is 5.88 Å². The average molecular weight is 344 g/mol. The van der Waals surface area contributed by atoms with Crippen LogP contribution in [-0.4, -0.2) is 37.3 Å². The molecule has 1 aromatic carbocycles. The van der Waals surface area contributed by atoms with Gasteiger partial charge in [0.05, 0.1) is 6.61 Å². The summed E-state index contributed by atoms with van der Waals surface area (Å²) in [6.07, 6.45) is 3.11. The molecule has 1 amide bonds. The summed E-state index contributed by atoms with van der Waals surface area (Å²) in [5, 5.41) is 0. The van der Waals surface area contributed by atoms with Crippen molar-refractivity contribution in [2.75, 3.05) is 25.2 Å². The zero-order chi connectivity index (χ0) is 17.8. The van der Waals surface area contributed by atoms with Crippen molar-refractivity contribution in [3.63, 3.8) is 0 Å². The topological polar surface area (TPSA) is 51.7 Å². The van der Waals surface area contributed by atoms with E-state index in [0.29, 0.717) is 24.7 Å². The van der Waals surface area contributed by atoms with Gasteiger partial charge in [0.15, 0.2) is 0 Å². The fourth-order valence-electron chi connectivity index (χ4n) is 3.02. The number of benzene rings is 1. The van der Waals surface area contributed by atoms with Gasteiger partial charge < -0.3 is 14.4 Å². The third-order valence-electron chi connectivity index (χ3n) is 4.31. The molecule has 0 spiro atoms. The number of aryl methyl sites for hydroxylation is 1. The first kappa shape index (κ1) is 17.4. The first-order valence-electron chi connectivity index (χ1n) is 8.30. The molecule has 0 saturated carbocycles. The van der Waals surface area contributed by atoms with Gasteiger partial charge in [0.2, 0.25) is 5.88 Å². The molecule has 1 atom stereocenters. The molecule has 25 heavy (non-hydrogen) atoms. The molecule has 0 radical (unpaired) electrons. The van der Waals surface area contributed by atoms with Crippen LogP contribution in [0.1, 0.15) is 29.3 Å². The van der Waals surface area contributed by atoms with Crippen molar-refractivity contribution in [2.24, 2.45) is 0 Å². The van der Waals surface area contributed by atoms with Gasteiger partial charge >= 0.3 is 0 Å². The lowest BCUT2D eigenvalue weighted by atomic mass is 9.95. The number of methoxy groups -OCH3 is 1. The van der Waals surface area contributed by atoms with Crippen LogP contribution >= 0.6 is 0 Å². The molecule has 132 valence electrons. The molecular formula is C19H21FN2O3. The monoisotopic (exact) mass is 344 g/mol. The Bertz CT molecular complexity index is 766. The Hall–Kier alpha value is -2.47. The Balaban J connectivity index is 1.87. The first-order chi connectivity index (χ1) is 12.1. The molecule has 0 N–H and O–H groups in total. The number of halogens is 1. The number of anilines is 1. The minimum atomic E-state index is -0.279. The fourth-order valence-corrected chi connectivity index (χ4v) is 3.02. The van der Waals surface area contributed by atoms with E-state index in [9.17, 15) is 9.18 Å². The molecule has 1 aromatic heterocycles. The van der Waals surface area contributed by atoms with Crippen molar-refractivity contribution in [3.05, 3.63) is 53.5 Å². The fraction of sp³-hybridized carbons (Fsp3) is 0.368. The smallest absolute Gasteiger partial charge is 0.258 e. The van der Waals surface area contributed by atoms with Gasteiger partial charge in [-0.1, -0.05) is 0 Å². The SMILES string of the molecule is COCCOc1cc(C(=O)N2c3ccc(F)cc3CC[C@@H]2C)ccn1. The number of aromatic nitrogens is 1. The van der Waals surface area contributed by atoms with Crippen LogP contribution in [0.2, 0.25) is 0 Å². The van der Waals surface area contributed by atoms with Crippen molar-refractivity contribution in [1.82, 2.24) is 4.98 Å². The molecule has 0 fully saturated rings. The Morgan fingerprint density at radius 3 is 2.96 bits per heavy atom. The van der Waals surface area contributed by atoms with Crippen LogP contribution in [-0.2, 0) is 11.2 Å². The molecule has 2 heterocycles. The third kappa shape index (κ3) is 3.79. The number of ether oxygens (including phenoxy) is 2. The van der Waals surface area contributed by atoms with Gasteiger partial charge in [-0.3, -0.25) is 4.79 Å². The van der Waals surface area contributed by atoms with E-state index in [1.807, 2.05) is 6.92 Å². The number of amides is 1. The van der Waals surface area contributed by atoms with Crippen molar-refractivity contribution >= 4 is 11.6 Å². The molecule has 0 aliphatic carbocycles. The summed E-state index contributed by atoms with van der Waals surface area (Å²) in [6.45, 7) is 2.81. The minimum absolute atomic E-state index is 0.0384. The van der Waals surface area contributed by atoms with Crippen LogP contribution in [0.3, 0.4) is 0 Å². The van der Waals surface area contributed by atoms with Gasteiger partial charge in [0.1, 0.15) is 12.4 Å². The predicted molar refractivity (Wildman–Crippen MR) is 92.6 cm³/mol. The Morgan fingerprint density at radius 1 is 1.32 bits per heavy atom. The second-order valence-corrected chi connectivity index (χ2v) is 6.06. The van der Waals surface area contributed by atoms with Crippen LogP contribution in [0.4, 0.5) is 10.1 Å². The zero-order valence-electron chi connectivity index (χ0n) is 14.4. The molecule has 6 heteroatoms. The molecule has 5 nitrogen and oxygen atoms in total. The predicted octanol–water partition coefficient (Wildman–Crippen LogP) is 3.23. The largest absolute Gasteiger partial charge is 0.475 e. The van der Waals surface area contributed by atoms with Crippen LogP contribution in [0.5, 0.6) is 5.88 Å². The summed E-state index contributed by atoms with van der Waals surface area (Å²) in [7, 11) is 1.59. The summed E-state index contributed by atoms with van der Waals surface area (Å²) >= 11 is 0. The Morgan fingerprint density at radius 2 is 2.16 bits per heavy atom. The summed E-state index contributed by atoms with van der Waals surface area (Å²) in [4.78, 5) is 18.9. The van der Waals surface area contributed by atoms with Gasteiger partial charge in [0.25, 0.3) is 5.91 Å². The van der Waals surface area contributed by atoms with Gasteiger partial charge in [-0.15, -0.1) is 0 Å². The van der Waals surface area contributed by atoms with Crippen molar-refractivity contribution < 1.29 is 18.7 Å². The molecule has 0 bridgehead atoms. The van der Waals surface area contributed by atoms with E-state index in [-0.39, 0.29) is 17.8 Å². The van der Waals surface area contributed by atoms with Crippen LogP contribution < -0.4 is 9.64 Å². The lowest BCUT2D eigenvalue weighted by Gasteiger charge is -2.35. The maximum Gasteiger partial charge on any atom is 0.258 e. The number of hydrogen-bond donors (Lipinski definition) is 0. The zero-order valence-corrected chi connectivity index (χ0v) is 14.4. The van der Waals surface area contributed by atoms with E-state index in [4.69, 9.17) is 9.47 Å². The van der Waals surface area contributed by atoms with Gasteiger partial charge in [-0.2, -0.15) is 0 Å². The maximum absolute atomic E-state index is 13.5. The summed E-state index contributed by atoms with van der Waals surface area (Å²) in [6, 6.07) is 7.90. The summed E-state index contributed by atoms with van der Waals surface area (Å²) in [5.41, 5.74) is 2.12. The van der Waals surface area contributed by atoms with E-state index in [1.165, 1.54) is 12.1 Å². The number of fused-ring (bicyclic) bond motifs is 1. The van der Waals surface area contributed by atoms with Crippen LogP contribution in [0, 0.1) is 5.82 Å². The van der Waals surface area contributed by atoms with E-state index >= 15 is 0 Å². The Labute approximate surface area is 146 Å². The number of hydrogen-bond acceptors (Lipinski definition) is 4. The standard InChI is InChI=1S/C19H21FN2O3/c1-13-3-4-14-11-16(20)5-6-17(14)22(13)19(23)15-7-8-21-18(12-15)25-10-9-24-2/h5-8,11-13H,3-4,9-10H2,1-2H3/t13-/m0/s1. The van der Waals surface area contributed by atoms with Gasteiger partial charge in [0, 0.05) is 36.7 Å². The Kier molecular flexibility index (Phi) is 5.28. The lowest BCUT2D eigenvalue weighted by molar-refractivity contribution is 0.0974. The molecule has 2 aromatic rings. The van der Waals surface area contributed by atoms with E-state index in [1.54, 1.807) is 36.4 Å². The average Bonchev–Trinajstić information content (AvgIpc) is 2.62. The first-order valence-corrected chi connectivity index (χ1v) is 8.30. The minimum Gasteiger partial charge on any atom is -0.475 e. The highest BCUT2D eigenvalue weighted by molar-refractivity contribution is 6.07. The molecule has 1 aliphatic rings. The summed E-state index contributed by atoms with van der Waals surface area (Å²) in [5.74, 6) is -0.0376. The number of carbonyl (C=O) groups is 1. The van der Waals surface area contributed by atoms with Crippen molar-refractivity contribution in [2.45, 2.75) is 25.8 Å². The van der Waals surface area contributed by atoms with E-state index in [0.717, 1.165) is 24.1 Å². The lowest BCUT2D eigenvalue weighted by Crippen LogP contribution is -2.42. The normalized spacial score (nSPS) is 16.4. The number of pyridine rings is 1. The second kappa shape index (κ2) is 7.61. The molecule has 0 unspecified atom stereocenters. The number of nitrogens with zero attached hydrogens (tertiary/aromatic N) is 2.